The maximum atomic E-state index is 9.30. The monoisotopic (exact) mass is 179 g/mol. The van der Waals surface area contributed by atoms with Crippen LogP contribution in [0.4, 0.5) is 0 Å². The summed E-state index contributed by atoms with van der Waals surface area (Å²) in [5, 5.41) is 11.8. The summed E-state index contributed by atoms with van der Waals surface area (Å²) in [4.78, 5) is 0.774. The molecule has 1 heterocycles. The van der Waals surface area contributed by atoms with Crippen LogP contribution < -0.4 is 0 Å². The molecule has 2 rings (SSSR count). The molecule has 0 radical (unpaired) electrons. The van der Waals surface area contributed by atoms with E-state index in [9.17, 15) is 5.11 Å². The largest absolute Gasteiger partial charge is 0.489 e. The van der Waals surface area contributed by atoms with Crippen LogP contribution >= 0.6 is 11.5 Å². The fraction of sp³-hybridized carbons (Fsp3) is 0. The van der Waals surface area contributed by atoms with Crippen LogP contribution in [-0.4, -0.2) is 14.7 Å². The fourth-order valence-corrected chi connectivity index (χ4v) is 1.58. The van der Waals surface area contributed by atoms with Gasteiger partial charge < -0.3 is 5.11 Å². The zero-order chi connectivity index (χ0) is 8.39. The van der Waals surface area contributed by atoms with E-state index < -0.39 is 0 Å². The predicted octanol–water partition coefficient (Wildman–Crippen LogP) is 2.12. The van der Waals surface area contributed by atoms with E-state index in [-0.39, 0.29) is 5.88 Å². The zero-order valence-corrected chi connectivity index (χ0v) is 7.01. The third-order valence-electron chi connectivity index (χ3n) is 1.54. The number of benzene rings is 1. The minimum Gasteiger partial charge on any atom is -0.489 e. The molecular weight excluding hydrogens is 172 g/mol. The highest BCUT2D eigenvalue weighted by atomic mass is 32.1. The van der Waals surface area contributed by atoms with Crippen LogP contribution in [0.1, 0.15) is 0 Å². The molecule has 0 bridgehead atoms. The Labute approximate surface area is 73.5 Å². The van der Waals surface area contributed by atoms with E-state index in [0.717, 1.165) is 10.4 Å². The van der Waals surface area contributed by atoms with Gasteiger partial charge in [0, 0.05) is 5.56 Å². The summed E-state index contributed by atoms with van der Waals surface area (Å²) in [7, 11) is 0. The van der Waals surface area contributed by atoms with Crippen LogP contribution in [0.5, 0.6) is 5.88 Å². The van der Waals surface area contributed by atoms with Crippen LogP contribution in [0.15, 0.2) is 30.3 Å². The molecule has 60 valence electrons. The van der Waals surface area contributed by atoms with Crippen molar-refractivity contribution < 1.29 is 5.11 Å². The van der Waals surface area contributed by atoms with E-state index in [1.165, 1.54) is 11.5 Å². The van der Waals surface area contributed by atoms with Crippen molar-refractivity contribution in [3.8, 4) is 16.3 Å². The van der Waals surface area contributed by atoms with Gasteiger partial charge in [0.05, 0.1) is 0 Å². The number of aromatic amines is 1. The summed E-state index contributed by atoms with van der Waals surface area (Å²) in [5.41, 5.74) is 0.980. The second kappa shape index (κ2) is 2.91. The molecule has 1 aromatic carbocycles. The predicted molar refractivity (Wildman–Crippen MR) is 48.0 cm³/mol. The Bertz CT molecular complexity index is 372. The standard InChI is InChI=1S/C8H6N2OS/c11-8-7(12-10-9-8)6-4-2-1-3-5-6/h1-5H,(H-,9,10,11)/p+1. The zero-order valence-electron chi connectivity index (χ0n) is 6.19. The second-order valence-corrected chi connectivity index (χ2v) is 3.11. The SMILES string of the molecule is Oc1[nH]n[s+]c1-c1ccccc1. The molecule has 0 aliphatic rings. The number of aromatic nitrogens is 2. The first-order valence-corrected chi connectivity index (χ1v) is 4.27. The molecule has 0 saturated carbocycles. The molecule has 0 atom stereocenters. The summed E-state index contributed by atoms with van der Waals surface area (Å²) < 4.78 is 3.76. The lowest BCUT2D eigenvalue weighted by Crippen LogP contribution is -1.71. The molecule has 3 nitrogen and oxygen atoms in total. The van der Waals surface area contributed by atoms with Crippen LogP contribution in [0, 0.1) is 0 Å². The second-order valence-electron chi connectivity index (χ2n) is 2.34. The molecule has 0 unspecified atom stereocenters. The smallest absolute Gasteiger partial charge is 0.388 e. The summed E-state index contributed by atoms with van der Waals surface area (Å²) in [6.45, 7) is 0. The van der Waals surface area contributed by atoms with Gasteiger partial charge in [0.1, 0.15) is 4.49 Å². The van der Waals surface area contributed by atoms with Crippen molar-refractivity contribution >= 4 is 11.5 Å². The first-order chi connectivity index (χ1) is 5.88. The minimum atomic E-state index is 0.131. The molecule has 0 aliphatic carbocycles. The molecule has 1 aromatic heterocycles. The highest BCUT2D eigenvalue weighted by Gasteiger charge is 2.19. The Morgan fingerprint density at radius 2 is 2.00 bits per heavy atom. The normalized spacial score (nSPS) is 10.0. The van der Waals surface area contributed by atoms with Crippen molar-refractivity contribution in [1.82, 2.24) is 9.59 Å². The van der Waals surface area contributed by atoms with E-state index in [2.05, 4.69) is 9.59 Å². The van der Waals surface area contributed by atoms with Crippen molar-refractivity contribution in [3.05, 3.63) is 30.3 Å². The molecule has 0 spiro atoms. The van der Waals surface area contributed by atoms with E-state index >= 15 is 0 Å². The Balaban J connectivity index is 2.51. The Kier molecular flexibility index (Phi) is 1.75. The van der Waals surface area contributed by atoms with Crippen molar-refractivity contribution in [3.63, 3.8) is 0 Å². The van der Waals surface area contributed by atoms with E-state index in [4.69, 9.17) is 0 Å². The van der Waals surface area contributed by atoms with Crippen molar-refractivity contribution in [1.29, 1.82) is 0 Å². The van der Waals surface area contributed by atoms with Gasteiger partial charge in [0.2, 0.25) is 0 Å². The van der Waals surface area contributed by atoms with Gasteiger partial charge in [0.25, 0.3) is 5.88 Å². The van der Waals surface area contributed by atoms with Crippen molar-refractivity contribution in [2.45, 2.75) is 0 Å². The van der Waals surface area contributed by atoms with Crippen molar-refractivity contribution in [2.24, 2.45) is 0 Å². The number of H-pyrrole nitrogens is 1. The molecule has 0 amide bonds. The van der Waals surface area contributed by atoms with Gasteiger partial charge in [-0.1, -0.05) is 18.2 Å². The number of nitrogens with one attached hydrogen (secondary N) is 1. The Morgan fingerprint density at radius 1 is 1.25 bits per heavy atom. The lowest BCUT2D eigenvalue weighted by atomic mass is 10.2. The van der Waals surface area contributed by atoms with E-state index in [1.54, 1.807) is 0 Å². The first kappa shape index (κ1) is 7.24. The Hall–Kier alpha value is -1.42. The fourth-order valence-electron chi connectivity index (χ4n) is 0.985. The lowest BCUT2D eigenvalue weighted by molar-refractivity contribution is 0.454. The number of aromatic hydroxyl groups is 1. The highest BCUT2D eigenvalue weighted by Crippen LogP contribution is 2.29. The molecule has 0 saturated heterocycles. The topological polar surface area (TPSA) is 48.9 Å². The van der Waals surface area contributed by atoms with Crippen LogP contribution in [0.2, 0.25) is 0 Å². The van der Waals surface area contributed by atoms with Gasteiger partial charge in [-0.3, -0.25) is 0 Å². The molecule has 12 heavy (non-hydrogen) atoms. The molecule has 2 N–H and O–H groups in total. The van der Waals surface area contributed by atoms with E-state index in [1.807, 2.05) is 30.3 Å². The average molecular weight is 179 g/mol. The van der Waals surface area contributed by atoms with Gasteiger partial charge in [-0.25, -0.2) is 0 Å². The van der Waals surface area contributed by atoms with Gasteiger partial charge in [-0.05, 0) is 12.1 Å². The maximum absolute atomic E-state index is 9.30. The van der Waals surface area contributed by atoms with Gasteiger partial charge in [-0.2, -0.15) is 5.10 Å². The Morgan fingerprint density at radius 3 is 2.58 bits per heavy atom. The first-order valence-electron chi connectivity index (χ1n) is 3.49. The summed E-state index contributed by atoms with van der Waals surface area (Å²) in [5.74, 6) is 0.131. The van der Waals surface area contributed by atoms with Gasteiger partial charge in [0.15, 0.2) is 0 Å². The van der Waals surface area contributed by atoms with Crippen LogP contribution in [0.25, 0.3) is 10.4 Å². The van der Waals surface area contributed by atoms with Gasteiger partial charge in [-0.15, -0.1) is 0 Å². The molecule has 0 fully saturated rings. The number of hydrogen-bond donors (Lipinski definition) is 2. The summed E-state index contributed by atoms with van der Waals surface area (Å²) >= 11 is 1.25. The third-order valence-corrected chi connectivity index (χ3v) is 2.33. The molecule has 0 aliphatic heterocycles. The number of hydrogen-bond acceptors (Lipinski definition) is 2. The maximum Gasteiger partial charge on any atom is 0.388 e. The van der Waals surface area contributed by atoms with Crippen LogP contribution in [0.3, 0.4) is 0 Å². The molecule has 2 aromatic rings. The quantitative estimate of drug-likeness (QED) is 0.659. The number of rotatable bonds is 1. The van der Waals surface area contributed by atoms with Gasteiger partial charge >= 0.3 is 16.4 Å². The van der Waals surface area contributed by atoms with E-state index in [0.29, 0.717) is 0 Å². The molecular formula is C8H7N2OS+. The van der Waals surface area contributed by atoms with Crippen molar-refractivity contribution in [2.75, 3.05) is 0 Å². The third kappa shape index (κ3) is 1.16. The minimum absolute atomic E-state index is 0.131. The summed E-state index contributed by atoms with van der Waals surface area (Å²) in [6, 6.07) is 9.65. The highest BCUT2D eigenvalue weighted by molar-refractivity contribution is 7.09. The molecule has 4 heteroatoms. The average Bonchev–Trinajstić information content (AvgIpc) is 2.53. The summed E-state index contributed by atoms with van der Waals surface area (Å²) in [6.07, 6.45) is 0. The number of nitrogens with zero attached hydrogens (tertiary/aromatic N) is 1. The van der Waals surface area contributed by atoms with Crippen LogP contribution in [-0.2, 0) is 0 Å². The lowest BCUT2D eigenvalue weighted by Gasteiger charge is -1.87.